The Bertz CT molecular complexity index is 395. The van der Waals surface area contributed by atoms with Crippen molar-refractivity contribution >= 4 is 11.8 Å². The molecule has 1 aliphatic rings. The fourth-order valence-corrected chi connectivity index (χ4v) is 4.00. The van der Waals surface area contributed by atoms with E-state index in [9.17, 15) is 0 Å². The topological polar surface area (TPSA) is 15.3 Å². The van der Waals surface area contributed by atoms with Gasteiger partial charge in [0.15, 0.2) is 0 Å². The van der Waals surface area contributed by atoms with E-state index in [1.807, 2.05) is 11.8 Å². The maximum absolute atomic E-state index is 3.78. The lowest BCUT2D eigenvalue weighted by Crippen LogP contribution is -2.49. The third-order valence-electron chi connectivity index (χ3n) is 4.41. The molecule has 0 aromatic heterocycles. The highest BCUT2D eigenvalue weighted by Gasteiger charge is 2.32. The maximum atomic E-state index is 3.78. The fourth-order valence-electron chi connectivity index (χ4n) is 3.17. The Morgan fingerprint density at radius 3 is 2.75 bits per heavy atom. The van der Waals surface area contributed by atoms with Crippen LogP contribution in [0.15, 0.2) is 30.3 Å². The zero-order valence-corrected chi connectivity index (χ0v) is 13.9. The lowest BCUT2D eigenvalue weighted by Gasteiger charge is -2.37. The zero-order chi connectivity index (χ0) is 14.4. The van der Waals surface area contributed by atoms with Gasteiger partial charge in [0.25, 0.3) is 0 Å². The van der Waals surface area contributed by atoms with Crippen molar-refractivity contribution in [3.05, 3.63) is 35.9 Å². The Morgan fingerprint density at radius 2 is 2.10 bits per heavy atom. The Kier molecular flexibility index (Phi) is 5.94. The highest BCUT2D eigenvalue weighted by molar-refractivity contribution is 7.98. The molecule has 112 valence electrons. The van der Waals surface area contributed by atoms with Gasteiger partial charge in [-0.3, -0.25) is 4.90 Å². The number of thioether (sulfide) groups is 1. The second-order valence-electron chi connectivity index (χ2n) is 5.97. The van der Waals surface area contributed by atoms with Crippen LogP contribution in [-0.2, 0) is 5.54 Å². The summed E-state index contributed by atoms with van der Waals surface area (Å²) in [5.74, 6) is 1.24. The van der Waals surface area contributed by atoms with Crippen molar-refractivity contribution in [1.29, 1.82) is 0 Å². The monoisotopic (exact) mass is 292 g/mol. The van der Waals surface area contributed by atoms with Gasteiger partial charge in [-0.1, -0.05) is 37.3 Å². The number of benzene rings is 1. The molecule has 1 heterocycles. The number of hydrogen-bond acceptors (Lipinski definition) is 3. The molecule has 1 aliphatic heterocycles. The van der Waals surface area contributed by atoms with Crippen LogP contribution in [0, 0.1) is 0 Å². The van der Waals surface area contributed by atoms with Gasteiger partial charge in [-0.2, -0.15) is 11.8 Å². The second-order valence-corrected chi connectivity index (χ2v) is 6.88. The summed E-state index contributed by atoms with van der Waals surface area (Å²) in [4.78, 5) is 2.70. The third kappa shape index (κ3) is 3.78. The van der Waals surface area contributed by atoms with E-state index in [0.29, 0.717) is 6.04 Å². The smallest absolute Gasteiger partial charge is 0.0535 e. The highest BCUT2D eigenvalue weighted by Crippen LogP contribution is 2.26. The summed E-state index contributed by atoms with van der Waals surface area (Å²) in [7, 11) is 0. The van der Waals surface area contributed by atoms with E-state index in [1.54, 1.807) is 0 Å². The summed E-state index contributed by atoms with van der Waals surface area (Å²) in [6.07, 6.45) is 4.70. The lowest BCUT2D eigenvalue weighted by atomic mass is 9.91. The minimum atomic E-state index is 0.0730. The summed E-state index contributed by atoms with van der Waals surface area (Å²) < 4.78 is 0. The molecule has 2 unspecified atom stereocenters. The SMILES string of the molecule is CCC(CSC)N1CCCNC(C)(c2ccccc2)C1. The van der Waals surface area contributed by atoms with E-state index in [-0.39, 0.29) is 5.54 Å². The molecule has 20 heavy (non-hydrogen) atoms. The normalized spacial score (nSPS) is 26.1. The maximum Gasteiger partial charge on any atom is 0.0535 e. The van der Waals surface area contributed by atoms with Crippen molar-refractivity contribution in [3.8, 4) is 0 Å². The van der Waals surface area contributed by atoms with Crippen LogP contribution < -0.4 is 5.32 Å². The van der Waals surface area contributed by atoms with E-state index >= 15 is 0 Å². The summed E-state index contributed by atoms with van der Waals surface area (Å²) in [5, 5.41) is 3.78. The van der Waals surface area contributed by atoms with Gasteiger partial charge >= 0.3 is 0 Å². The molecule has 3 heteroatoms. The Hall–Kier alpha value is -0.510. The largest absolute Gasteiger partial charge is 0.307 e. The molecule has 1 N–H and O–H groups in total. The van der Waals surface area contributed by atoms with Gasteiger partial charge in [-0.05, 0) is 44.7 Å². The molecule has 0 bridgehead atoms. The molecule has 1 aromatic rings. The Balaban J connectivity index is 2.17. The number of nitrogens with zero attached hydrogens (tertiary/aromatic N) is 1. The van der Waals surface area contributed by atoms with Crippen molar-refractivity contribution in [2.24, 2.45) is 0 Å². The molecular weight excluding hydrogens is 264 g/mol. The number of nitrogens with one attached hydrogen (secondary N) is 1. The van der Waals surface area contributed by atoms with Gasteiger partial charge in [-0.15, -0.1) is 0 Å². The van der Waals surface area contributed by atoms with Gasteiger partial charge < -0.3 is 5.32 Å². The van der Waals surface area contributed by atoms with Gasteiger partial charge in [0.2, 0.25) is 0 Å². The summed E-state index contributed by atoms with van der Waals surface area (Å²) >= 11 is 1.97. The summed E-state index contributed by atoms with van der Waals surface area (Å²) in [6, 6.07) is 11.6. The van der Waals surface area contributed by atoms with Crippen molar-refractivity contribution in [2.75, 3.05) is 31.6 Å². The fraction of sp³-hybridized carbons (Fsp3) is 0.647. The lowest BCUT2D eigenvalue weighted by molar-refractivity contribution is 0.171. The number of hydrogen-bond donors (Lipinski definition) is 1. The van der Waals surface area contributed by atoms with E-state index < -0.39 is 0 Å². The highest BCUT2D eigenvalue weighted by atomic mass is 32.2. The first-order valence-electron chi connectivity index (χ1n) is 7.73. The molecule has 0 amide bonds. The molecule has 1 saturated heterocycles. The molecule has 0 spiro atoms. The van der Waals surface area contributed by atoms with Crippen molar-refractivity contribution < 1.29 is 0 Å². The molecule has 1 aromatic carbocycles. The predicted octanol–water partition coefficient (Wildman–Crippen LogP) is 3.34. The predicted molar refractivity (Wildman–Crippen MR) is 90.4 cm³/mol. The van der Waals surface area contributed by atoms with Gasteiger partial charge in [0, 0.05) is 18.3 Å². The first-order valence-corrected chi connectivity index (χ1v) is 9.12. The van der Waals surface area contributed by atoms with Crippen LogP contribution in [0.25, 0.3) is 0 Å². The molecule has 0 aliphatic carbocycles. The number of rotatable bonds is 5. The van der Waals surface area contributed by atoms with Crippen LogP contribution in [-0.4, -0.2) is 42.6 Å². The van der Waals surface area contributed by atoms with Gasteiger partial charge in [0.1, 0.15) is 0 Å². The molecule has 1 fully saturated rings. The Labute approximate surface area is 128 Å². The van der Waals surface area contributed by atoms with E-state index in [1.165, 1.54) is 30.7 Å². The van der Waals surface area contributed by atoms with Crippen molar-refractivity contribution in [1.82, 2.24) is 10.2 Å². The molecule has 2 rings (SSSR count). The molecule has 0 saturated carbocycles. The summed E-state index contributed by atoms with van der Waals surface area (Å²) in [6.45, 7) is 8.10. The van der Waals surface area contributed by atoms with E-state index in [4.69, 9.17) is 0 Å². The van der Waals surface area contributed by atoms with Crippen LogP contribution >= 0.6 is 11.8 Å². The van der Waals surface area contributed by atoms with Crippen LogP contribution in [0.1, 0.15) is 32.3 Å². The third-order valence-corrected chi connectivity index (χ3v) is 5.13. The van der Waals surface area contributed by atoms with Crippen LogP contribution in [0.3, 0.4) is 0 Å². The van der Waals surface area contributed by atoms with E-state index in [0.717, 1.165) is 13.1 Å². The van der Waals surface area contributed by atoms with Crippen LogP contribution in [0.5, 0.6) is 0 Å². The zero-order valence-electron chi connectivity index (χ0n) is 13.1. The second kappa shape index (κ2) is 7.48. The quantitative estimate of drug-likeness (QED) is 0.896. The minimum Gasteiger partial charge on any atom is -0.307 e. The van der Waals surface area contributed by atoms with Crippen LogP contribution in [0.4, 0.5) is 0 Å². The molecule has 2 nitrogen and oxygen atoms in total. The van der Waals surface area contributed by atoms with E-state index in [2.05, 4.69) is 60.7 Å². The molecule has 0 radical (unpaired) electrons. The van der Waals surface area contributed by atoms with Crippen LogP contribution in [0.2, 0.25) is 0 Å². The molecule has 2 atom stereocenters. The first kappa shape index (κ1) is 15.9. The molecular formula is C17H28N2S. The average Bonchev–Trinajstić information content (AvgIpc) is 2.68. The minimum absolute atomic E-state index is 0.0730. The first-order chi connectivity index (χ1) is 9.69. The van der Waals surface area contributed by atoms with Gasteiger partial charge in [0.05, 0.1) is 5.54 Å². The summed E-state index contributed by atoms with van der Waals surface area (Å²) in [5.41, 5.74) is 1.48. The Morgan fingerprint density at radius 1 is 1.35 bits per heavy atom. The average molecular weight is 292 g/mol. The van der Waals surface area contributed by atoms with Crippen molar-refractivity contribution in [3.63, 3.8) is 0 Å². The van der Waals surface area contributed by atoms with Gasteiger partial charge in [-0.25, -0.2) is 0 Å². The standard InChI is InChI=1S/C17H28N2S/c1-4-16(13-20-3)19-12-8-11-18-17(2,14-19)15-9-6-5-7-10-15/h5-7,9-10,16,18H,4,8,11-14H2,1-3H3. The van der Waals surface area contributed by atoms with Crippen molar-refractivity contribution in [2.45, 2.75) is 38.3 Å².